The molecular formula is C12H24N2O3. The molecule has 100 valence electrons. The maximum atomic E-state index is 11.7. The molecule has 0 spiro atoms. The van der Waals surface area contributed by atoms with Crippen LogP contribution in [0.15, 0.2) is 0 Å². The van der Waals surface area contributed by atoms with Crippen molar-refractivity contribution in [2.45, 2.75) is 32.9 Å². The zero-order chi connectivity index (χ0) is 12.8. The van der Waals surface area contributed by atoms with E-state index in [-0.39, 0.29) is 6.09 Å². The second-order valence-corrected chi connectivity index (χ2v) is 4.53. The van der Waals surface area contributed by atoms with Crippen LogP contribution < -0.4 is 0 Å². The molecule has 1 fully saturated rings. The molecule has 1 aliphatic rings. The van der Waals surface area contributed by atoms with Crippen molar-refractivity contribution in [3.05, 3.63) is 0 Å². The molecule has 0 aromatic carbocycles. The summed E-state index contributed by atoms with van der Waals surface area (Å²) in [6.45, 7) is 9.64. The number of methoxy groups -OCH3 is 1. The molecule has 0 radical (unpaired) electrons. The van der Waals surface area contributed by atoms with Crippen molar-refractivity contribution in [2.75, 3.05) is 40.0 Å². The minimum absolute atomic E-state index is 0.197. The van der Waals surface area contributed by atoms with E-state index in [1.165, 1.54) is 0 Å². The predicted molar refractivity (Wildman–Crippen MR) is 66.1 cm³/mol. The van der Waals surface area contributed by atoms with E-state index in [2.05, 4.69) is 18.7 Å². The minimum Gasteiger partial charge on any atom is -0.450 e. The first-order chi connectivity index (χ1) is 8.10. The van der Waals surface area contributed by atoms with E-state index in [1.807, 2.05) is 6.92 Å². The standard InChI is InChI=1S/C12H24N2O3/c1-5-17-12(15)13-8-10(2)14(6-7-16-4)11(3)9-13/h10-11H,5-9H2,1-4H3. The molecule has 5 heteroatoms. The van der Waals surface area contributed by atoms with Gasteiger partial charge in [0, 0.05) is 38.8 Å². The molecule has 1 rings (SSSR count). The topological polar surface area (TPSA) is 42.0 Å². The molecule has 0 aliphatic carbocycles. The lowest BCUT2D eigenvalue weighted by molar-refractivity contribution is 0.0162. The number of carbonyl (C=O) groups excluding carboxylic acids is 1. The number of ether oxygens (including phenoxy) is 2. The van der Waals surface area contributed by atoms with Crippen LogP contribution in [0.25, 0.3) is 0 Å². The first-order valence-corrected chi connectivity index (χ1v) is 6.26. The molecule has 0 aromatic heterocycles. The Hall–Kier alpha value is -0.810. The first kappa shape index (κ1) is 14.3. The number of nitrogens with zero attached hydrogens (tertiary/aromatic N) is 2. The summed E-state index contributed by atoms with van der Waals surface area (Å²) in [5.41, 5.74) is 0. The minimum atomic E-state index is -0.197. The summed E-state index contributed by atoms with van der Waals surface area (Å²) in [6.07, 6.45) is -0.197. The SMILES string of the molecule is CCOC(=O)N1CC(C)N(CCOC)C(C)C1. The van der Waals surface area contributed by atoms with Crippen molar-refractivity contribution in [2.24, 2.45) is 0 Å². The Balaban J connectivity index is 2.51. The molecule has 2 unspecified atom stereocenters. The number of hydrogen-bond acceptors (Lipinski definition) is 4. The molecule has 2 atom stereocenters. The Labute approximate surface area is 104 Å². The molecular weight excluding hydrogens is 220 g/mol. The van der Waals surface area contributed by atoms with E-state index < -0.39 is 0 Å². The molecule has 1 amide bonds. The highest BCUT2D eigenvalue weighted by Gasteiger charge is 2.31. The van der Waals surface area contributed by atoms with E-state index >= 15 is 0 Å². The summed E-state index contributed by atoms with van der Waals surface area (Å²) in [5.74, 6) is 0. The van der Waals surface area contributed by atoms with Gasteiger partial charge in [0.2, 0.25) is 0 Å². The van der Waals surface area contributed by atoms with Crippen LogP contribution in [0.5, 0.6) is 0 Å². The Morgan fingerprint density at radius 2 is 1.88 bits per heavy atom. The van der Waals surface area contributed by atoms with Crippen LogP contribution in [-0.2, 0) is 9.47 Å². The van der Waals surface area contributed by atoms with Crippen molar-refractivity contribution in [3.8, 4) is 0 Å². The van der Waals surface area contributed by atoms with Gasteiger partial charge in [-0.2, -0.15) is 0 Å². The summed E-state index contributed by atoms with van der Waals surface area (Å²) in [6, 6.07) is 0.691. The fourth-order valence-electron chi connectivity index (χ4n) is 2.36. The van der Waals surface area contributed by atoms with Crippen LogP contribution in [0.2, 0.25) is 0 Å². The summed E-state index contributed by atoms with van der Waals surface area (Å²) >= 11 is 0. The maximum absolute atomic E-state index is 11.7. The van der Waals surface area contributed by atoms with Gasteiger partial charge >= 0.3 is 6.09 Å². The Bertz CT molecular complexity index is 236. The highest BCUT2D eigenvalue weighted by atomic mass is 16.6. The predicted octanol–water partition coefficient (Wildman–Crippen LogP) is 1.18. The van der Waals surface area contributed by atoms with Gasteiger partial charge < -0.3 is 14.4 Å². The van der Waals surface area contributed by atoms with Crippen molar-refractivity contribution in [3.63, 3.8) is 0 Å². The van der Waals surface area contributed by atoms with Gasteiger partial charge in [0.25, 0.3) is 0 Å². The third-order valence-corrected chi connectivity index (χ3v) is 3.18. The van der Waals surface area contributed by atoms with Crippen LogP contribution in [0.1, 0.15) is 20.8 Å². The van der Waals surface area contributed by atoms with Crippen LogP contribution >= 0.6 is 0 Å². The number of hydrogen-bond donors (Lipinski definition) is 0. The van der Waals surface area contributed by atoms with Crippen molar-refractivity contribution in [1.29, 1.82) is 0 Å². The van der Waals surface area contributed by atoms with Gasteiger partial charge in [-0.15, -0.1) is 0 Å². The molecule has 0 bridgehead atoms. The summed E-state index contributed by atoms with van der Waals surface area (Å²) in [4.78, 5) is 15.8. The Kier molecular flexibility index (Phi) is 5.71. The number of rotatable bonds is 4. The molecule has 5 nitrogen and oxygen atoms in total. The van der Waals surface area contributed by atoms with E-state index in [1.54, 1.807) is 12.0 Å². The molecule has 1 heterocycles. The van der Waals surface area contributed by atoms with Crippen molar-refractivity contribution >= 4 is 6.09 Å². The third-order valence-electron chi connectivity index (χ3n) is 3.18. The number of carbonyl (C=O) groups is 1. The average molecular weight is 244 g/mol. The van der Waals surface area contributed by atoms with Gasteiger partial charge in [0.05, 0.1) is 13.2 Å². The van der Waals surface area contributed by atoms with E-state index in [9.17, 15) is 4.79 Å². The zero-order valence-electron chi connectivity index (χ0n) is 11.3. The van der Waals surface area contributed by atoms with Crippen LogP contribution in [0, 0.1) is 0 Å². The normalized spacial score (nSPS) is 26.0. The maximum Gasteiger partial charge on any atom is 0.409 e. The largest absolute Gasteiger partial charge is 0.450 e. The molecule has 1 saturated heterocycles. The number of amides is 1. The summed E-state index contributed by atoms with van der Waals surface area (Å²) in [7, 11) is 1.71. The molecule has 1 aliphatic heterocycles. The monoisotopic (exact) mass is 244 g/mol. The Morgan fingerprint density at radius 1 is 1.29 bits per heavy atom. The molecule has 0 saturated carbocycles. The highest BCUT2D eigenvalue weighted by molar-refractivity contribution is 5.67. The first-order valence-electron chi connectivity index (χ1n) is 6.26. The second-order valence-electron chi connectivity index (χ2n) is 4.53. The summed E-state index contributed by atoms with van der Waals surface area (Å²) in [5, 5.41) is 0. The van der Waals surface area contributed by atoms with E-state index in [0.29, 0.717) is 18.7 Å². The fraction of sp³-hybridized carbons (Fsp3) is 0.917. The third kappa shape index (κ3) is 3.85. The Morgan fingerprint density at radius 3 is 2.35 bits per heavy atom. The lowest BCUT2D eigenvalue weighted by atomic mass is 10.1. The molecule has 0 aromatic rings. The van der Waals surface area contributed by atoms with Gasteiger partial charge in [-0.3, -0.25) is 4.90 Å². The van der Waals surface area contributed by atoms with Gasteiger partial charge in [-0.25, -0.2) is 4.79 Å². The molecule has 0 N–H and O–H groups in total. The zero-order valence-corrected chi connectivity index (χ0v) is 11.3. The van der Waals surface area contributed by atoms with Gasteiger partial charge in [0.15, 0.2) is 0 Å². The van der Waals surface area contributed by atoms with E-state index in [4.69, 9.17) is 9.47 Å². The smallest absolute Gasteiger partial charge is 0.409 e. The van der Waals surface area contributed by atoms with E-state index in [0.717, 1.165) is 26.2 Å². The van der Waals surface area contributed by atoms with Crippen LogP contribution in [-0.4, -0.2) is 67.9 Å². The average Bonchev–Trinajstić information content (AvgIpc) is 2.28. The lowest BCUT2D eigenvalue weighted by Gasteiger charge is -2.43. The number of piperazine rings is 1. The van der Waals surface area contributed by atoms with Crippen LogP contribution in [0.4, 0.5) is 4.79 Å². The van der Waals surface area contributed by atoms with Crippen molar-refractivity contribution in [1.82, 2.24) is 9.80 Å². The van der Waals surface area contributed by atoms with Gasteiger partial charge in [-0.05, 0) is 20.8 Å². The van der Waals surface area contributed by atoms with Crippen LogP contribution in [0.3, 0.4) is 0 Å². The van der Waals surface area contributed by atoms with Crippen molar-refractivity contribution < 1.29 is 14.3 Å². The highest BCUT2D eigenvalue weighted by Crippen LogP contribution is 2.16. The van der Waals surface area contributed by atoms with Gasteiger partial charge in [0.1, 0.15) is 0 Å². The second kappa shape index (κ2) is 6.81. The molecule has 17 heavy (non-hydrogen) atoms. The fourth-order valence-corrected chi connectivity index (χ4v) is 2.36. The van der Waals surface area contributed by atoms with Gasteiger partial charge in [-0.1, -0.05) is 0 Å². The lowest BCUT2D eigenvalue weighted by Crippen LogP contribution is -2.58. The quantitative estimate of drug-likeness (QED) is 0.745. The summed E-state index contributed by atoms with van der Waals surface area (Å²) < 4.78 is 10.1.